The molecule has 14 heavy (non-hydrogen) atoms. The van der Waals surface area contributed by atoms with Crippen LogP contribution in [0.1, 0.15) is 25.7 Å². The minimum Gasteiger partial charge on any atom is -0.372 e. The number of hydrogen-bond acceptors (Lipinski definition) is 3. The minimum absolute atomic E-state index is 0.515. The number of ether oxygens (including phenoxy) is 1. The quantitative estimate of drug-likeness (QED) is 0.718. The summed E-state index contributed by atoms with van der Waals surface area (Å²) in [5.41, 5.74) is 5.87. The molecule has 2 heterocycles. The molecule has 2 saturated heterocycles. The topological polar surface area (TPSA) is 38.5 Å². The Bertz CT molecular complexity index is 205. The first-order chi connectivity index (χ1) is 6.86. The summed E-state index contributed by atoms with van der Waals surface area (Å²) in [6, 6.07) is 0.655. The van der Waals surface area contributed by atoms with E-state index in [2.05, 4.69) is 4.90 Å². The molecule has 3 aliphatic rings. The molecule has 3 unspecified atom stereocenters. The molecule has 1 saturated carbocycles. The van der Waals surface area contributed by atoms with Gasteiger partial charge in [-0.3, -0.25) is 4.90 Å². The summed E-state index contributed by atoms with van der Waals surface area (Å²) in [6.07, 6.45) is 6.36. The Balaban J connectivity index is 1.66. The normalized spacial score (nSPS) is 40.1. The van der Waals surface area contributed by atoms with Crippen molar-refractivity contribution in [2.45, 2.75) is 43.9 Å². The van der Waals surface area contributed by atoms with E-state index in [-0.39, 0.29) is 0 Å². The predicted octanol–water partition coefficient (Wildman–Crippen LogP) is 0.587. The van der Waals surface area contributed by atoms with Crippen LogP contribution in [0.15, 0.2) is 0 Å². The highest BCUT2D eigenvalue weighted by molar-refractivity contribution is 4.94. The average Bonchev–Trinajstić information content (AvgIpc) is 2.95. The van der Waals surface area contributed by atoms with Crippen LogP contribution in [-0.2, 0) is 4.74 Å². The van der Waals surface area contributed by atoms with Gasteiger partial charge in [0.1, 0.15) is 0 Å². The third-order valence-electron chi connectivity index (χ3n) is 3.95. The zero-order valence-corrected chi connectivity index (χ0v) is 8.69. The highest BCUT2D eigenvalue weighted by atomic mass is 16.5. The molecule has 3 rings (SSSR count). The number of likely N-dealkylation sites (tertiary alicyclic amines) is 1. The van der Waals surface area contributed by atoms with Crippen LogP contribution >= 0.6 is 0 Å². The molecular formula is C11H20N2O. The van der Waals surface area contributed by atoms with E-state index in [0.717, 1.165) is 25.6 Å². The van der Waals surface area contributed by atoms with Gasteiger partial charge in [0.05, 0.1) is 12.2 Å². The van der Waals surface area contributed by atoms with Crippen molar-refractivity contribution >= 4 is 0 Å². The summed E-state index contributed by atoms with van der Waals surface area (Å²) in [7, 11) is 0. The second-order valence-electron chi connectivity index (χ2n) is 5.05. The lowest BCUT2D eigenvalue weighted by Crippen LogP contribution is -2.51. The fraction of sp³-hybridized carbons (Fsp3) is 1.00. The summed E-state index contributed by atoms with van der Waals surface area (Å²) < 4.78 is 5.84. The Morgan fingerprint density at radius 2 is 1.79 bits per heavy atom. The van der Waals surface area contributed by atoms with Crippen LogP contribution in [0.3, 0.4) is 0 Å². The minimum atomic E-state index is 0.515. The maximum Gasteiger partial charge on any atom is 0.0707 e. The van der Waals surface area contributed by atoms with E-state index < -0.39 is 0 Å². The van der Waals surface area contributed by atoms with E-state index in [1.807, 2.05) is 0 Å². The van der Waals surface area contributed by atoms with Crippen LogP contribution in [0, 0.1) is 5.92 Å². The fourth-order valence-electron chi connectivity index (χ4n) is 3.04. The van der Waals surface area contributed by atoms with Crippen LogP contribution in [0.25, 0.3) is 0 Å². The predicted molar refractivity (Wildman–Crippen MR) is 55.0 cm³/mol. The number of fused-ring (bicyclic) bond motifs is 2. The van der Waals surface area contributed by atoms with Gasteiger partial charge in [0, 0.05) is 25.7 Å². The Kier molecular flexibility index (Phi) is 2.26. The van der Waals surface area contributed by atoms with E-state index >= 15 is 0 Å². The second kappa shape index (κ2) is 3.47. The summed E-state index contributed by atoms with van der Waals surface area (Å²) in [5.74, 6) is 0.900. The van der Waals surface area contributed by atoms with Crippen molar-refractivity contribution in [2.24, 2.45) is 11.7 Å². The standard InChI is InChI=1S/C11H20N2O/c12-5-11(8-1-2-8)13-6-9-3-4-10(7-13)14-9/h8-11H,1-7,12H2. The summed E-state index contributed by atoms with van der Waals surface area (Å²) in [5, 5.41) is 0. The van der Waals surface area contributed by atoms with Gasteiger partial charge in [0.2, 0.25) is 0 Å². The van der Waals surface area contributed by atoms with Crippen LogP contribution in [0.5, 0.6) is 0 Å². The molecular weight excluding hydrogens is 176 g/mol. The molecule has 1 aliphatic carbocycles. The molecule has 80 valence electrons. The number of nitrogens with zero attached hydrogens (tertiary/aromatic N) is 1. The van der Waals surface area contributed by atoms with Gasteiger partial charge in [-0.05, 0) is 31.6 Å². The van der Waals surface area contributed by atoms with Crippen molar-refractivity contribution in [3.05, 3.63) is 0 Å². The first-order valence-corrected chi connectivity index (χ1v) is 5.96. The highest BCUT2D eigenvalue weighted by Gasteiger charge is 2.41. The van der Waals surface area contributed by atoms with Crippen LogP contribution in [0.4, 0.5) is 0 Å². The molecule has 0 amide bonds. The van der Waals surface area contributed by atoms with E-state index in [0.29, 0.717) is 18.2 Å². The number of rotatable bonds is 3. The van der Waals surface area contributed by atoms with Gasteiger partial charge < -0.3 is 10.5 Å². The lowest BCUT2D eigenvalue weighted by Gasteiger charge is -2.37. The third kappa shape index (κ3) is 1.58. The molecule has 3 atom stereocenters. The van der Waals surface area contributed by atoms with Crippen LogP contribution in [0.2, 0.25) is 0 Å². The molecule has 0 aromatic carbocycles. The van der Waals surface area contributed by atoms with Gasteiger partial charge >= 0.3 is 0 Å². The highest BCUT2D eigenvalue weighted by Crippen LogP contribution is 2.37. The van der Waals surface area contributed by atoms with E-state index in [4.69, 9.17) is 10.5 Å². The van der Waals surface area contributed by atoms with Gasteiger partial charge in [0.15, 0.2) is 0 Å². The molecule has 3 nitrogen and oxygen atoms in total. The monoisotopic (exact) mass is 196 g/mol. The van der Waals surface area contributed by atoms with Gasteiger partial charge in [-0.2, -0.15) is 0 Å². The molecule has 0 radical (unpaired) electrons. The van der Waals surface area contributed by atoms with Crippen molar-refractivity contribution in [1.82, 2.24) is 4.90 Å². The average molecular weight is 196 g/mol. The van der Waals surface area contributed by atoms with E-state index in [9.17, 15) is 0 Å². The van der Waals surface area contributed by atoms with Crippen molar-refractivity contribution < 1.29 is 4.74 Å². The molecule has 0 aromatic rings. The van der Waals surface area contributed by atoms with E-state index in [1.54, 1.807) is 0 Å². The van der Waals surface area contributed by atoms with Gasteiger partial charge in [-0.1, -0.05) is 0 Å². The Morgan fingerprint density at radius 3 is 2.29 bits per heavy atom. The first-order valence-electron chi connectivity index (χ1n) is 5.96. The number of morpholine rings is 1. The molecule has 2 N–H and O–H groups in total. The van der Waals surface area contributed by atoms with Crippen molar-refractivity contribution in [3.63, 3.8) is 0 Å². The van der Waals surface area contributed by atoms with Crippen LogP contribution < -0.4 is 5.73 Å². The summed E-state index contributed by atoms with van der Waals surface area (Å²) in [6.45, 7) is 3.11. The number of nitrogens with two attached hydrogens (primary N) is 1. The molecule has 2 bridgehead atoms. The van der Waals surface area contributed by atoms with E-state index in [1.165, 1.54) is 25.7 Å². The molecule has 3 fully saturated rings. The molecule has 0 spiro atoms. The van der Waals surface area contributed by atoms with Gasteiger partial charge in [-0.15, -0.1) is 0 Å². The Morgan fingerprint density at radius 1 is 1.14 bits per heavy atom. The third-order valence-corrected chi connectivity index (χ3v) is 3.95. The second-order valence-corrected chi connectivity index (χ2v) is 5.05. The van der Waals surface area contributed by atoms with Crippen molar-refractivity contribution in [1.29, 1.82) is 0 Å². The molecule has 2 aliphatic heterocycles. The zero-order chi connectivity index (χ0) is 9.54. The lowest BCUT2D eigenvalue weighted by molar-refractivity contribution is -0.0543. The lowest BCUT2D eigenvalue weighted by atomic mass is 10.1. The number of hydrogen-bond donors (Lipinski definition) is 1. The fourth-order valence-corrected chi connectivity index (χ4v) is 3.04. The maximum absolute atomic E-state index is 5.87. The van der Waals surface area contributed by atoms with Crippen LogP contribution in [-0.4, -0.2) is 42.8 Å². The Labute approximate surface area is 85.6 Å². The first kappa shape index (κ1) is 9.13. The van der Waals surface area contributed by atoms with Crippen molar-refractivity contribution in [3.8, 4) is 0 Å². The SMILES string of the molecule is NCC(C1CC1)N1CC2CCC(C1)O2. The molecule has 0 aromatic heterocycles. The largest absolute Gasteiger partial charge is 0.372 e. The van der Waals surface area contributed by atoms with Gasteiger partial charge in [0.25, 0.3) is 0 Å². The smallest absolute Gasteiger partial charge is 0.0707 e. The zero-order valence-electron chi connectivity index (χ0n) is 8.69. The van der Waals surface area contributed by atoms with Crippen molar-refractivity contribution in [2.75, 3.05) is 19.6 Å². The summed E-state index contributed by atoms with van der Waals surface area (Å²) >= 11 is 0. The summed E-state index contributed by atoms with van der Waals surface area (Å²) in [4.78, 5) is 2.60. The maximum atomic E-state index is 5.87. The Hall–Kier alpha value is -0.120. The van der Waals surface area contributed by atoms with Gasteiger partial charge in [-0.25, -0.2) is 0 Å². The molecule has 3 heteroatoms.